The Bertz CT molecular complexity index is 1080. The Kier molecular flexibility index (Phi) is 10.2. The molecule has 4 N–H and O–H groups in total. The van der Waals surface area contributed by atoms with E-state index in [1.165, 1.54) is 28.8 Å². The predicted molar refractivity (Wildman–Crippen MR) is 125 cm³/mol. The van der Waals surface area contributed by atoms with Crippen molar-refractivity contribution in [2.75, 3.05) is 12.3 Å². The molecule has 0 bridgehead atoms. The highest BCUT2D eigenvalue weighted by Gasteiger charge is 2.35. The second-order valence-corrected chi connectivity index (χ2v) is 8.75. The highest BCUT2D eigenvalue weighted by atomic mass is 35.5. The topological polar surface area (TPSA) is 122 Å². The number of nitrogens with zero attached hydrogens (tertiary/aromatic N) is 1. The number of amides is 2. The van der Waals surface area contributed by atoms with Crippen LogP contribution in [0.3, 0.4) is 0 Å². The van der Waals surface area contributed by atoms with Crippen molar-refractivity contribution in [3.8, 4) is 5.75 Å². The summed E-state index contributed by atoms with van der Waals surface area (Å²) in [4.78, 5) is 37.3. The minimum absolute atomic E-state index is 0. The molecule has 0 spiro atoms. The Hall–Kier alpha value is -2.96. The summed E-state index contributed by atoms with van der Waals surface area (Å²) in [5, 5.41) is 10.6. The van der Waals surface area contributed by atoms with Crippen LogP contribution in [0.25, 0.3) is 0 Å². The van der Waals surface area contributed by atoms with Gasteiger partial charge in [0.2, 0.25) is 5.91 Å². The largest absolute Gasteiger partial charge is 0.511 e. The summed E-state index contributed by atoms with van der Waals surface area (Å²) in [7, 11) is 0. The molecule has 8 nitrogen and oxygen atoms in total. The van der Waals surface area contributed by atoms with Crippen LogP contribution in [-0.2, 0) is 22.6 Å². The Labute approximate surface area is 209 Å². The molecule has 2 aromatic carbocycles. The molecule has 0 saturated carbocycles. The van der Waals surface area contributed by atoms with Crippen LogP contribution >= 0.6 is 24.2 Å². The van der Waals surface area contributed by atoms with Gasteiger partial charge in [0.15, 0.2) is 17.0 Å². The molecule has 0 aromatic heterocycles. The first-order chi connectivity index (χ1) is 16.1. The zero-order chi connectivity index (χ0) is 24.8. The van der Waals surface area contributed by atoms with E-state index in [0.717, 1.165) is 6.07 Å². The van der Waals surface area contributed by atoms with Gasteiger partial charge < -0.3 is 25.8 Å². The molecule has 1 fully saturated rings. The van der Waals surface area contributed by atoms with Gasteiger partial charge in [-0.1, -0.05) is 12.1 Å². The van der Waals surface area contributed by atoms with E-state index >= 15 is 0 Å². The van der Waals surface area contributed by atoms with Gasteiger partial charge in [-0.05, 0) is 35.7 Å². The second kappa shape index (κ2) is 12.7. The zero-order valence-electron chi connectivity index (χ0n) is 18.2. The number of thioether (sulfide) groups is 1. The first kappa shape index (κ1) is 28.3. The maximum absolute atomic E-state index is 13.9. The maximum atomic E-state index is 13.9. The molecule has 13 heteroatoms. The van der Waals surface area contributed by atoms with Crippen molar-refractivity contribution in [1.29, 1.82) is 0 Å². The van der Waals surface area contributed by atoms with Crippen molar-refractivity contribution in [3.63, 3.8) is 0 Å². The molecule has 0 radical (unpaired) electrons. The molecule has 1 unspecified atom stereocenters. The molecule has 1 aliphatic heterocycles. The lowest BCUT2D eigenvalue weighted by atomic mass is 10.0. The summed E-state index contributed by atoms with van der Waals surface area (Å²) in [6.45, 7) is 0.481. The van der Waals surface area contributed by atoms with E-state index in [9.17, 15) is 27.6 Å². The van der Waals surface area contributed by atoms with E-state index < -0.39 is 40.9 Å². The predicted octanol–water partition coefficient (Wildman–Crippen LogP) is 3.06. The first-order valence-corrected chi connectivity index (χ1v) is 11.3. The molecular formula is C22H23ClF3N3O5S. The van der Waals surface area contributed by atoms with Crippen LogP contribution in [-0.4, -0.2) is 51.7 Å². The van der Waals surface area contributed by atoms with Crippen LogP contribution in [0.5, 0.6) is 5.75 Å². The molecule has 2 atom stereocenters. The molecule has 1 heterocycles. The smallest absolute Gasteiger partial charge is 0.449 e. The average Bonchev–Trinajstić information content (AvgIpc) is 3.26. The molecule has 3 rings (SSSR count). The van der Waals surface area contributed by atoms with Gasteiger partial charge in [0.1, 0.15) is 11.6 Å². The monoisotopic (exact) mass is 533 g/mol. The van der Waals surface area contributed by atoms with Crippen molar-refractivity contribution in [2.45, 2.75) is 30.8 Å². The lowest BCUT2D eigenvalue weighted by Gasteiger charge is -2.24. The number of carboxylic acid groups (broad SMARTS) is 1. The summed E-state index contributed by atoms with van der Waals surface area (Å²) >= 11 is 1.28. The number of carbonyl (C=O) groups excluding carboxylic acids is 2. The summed E-state index contributed by atoms with van der Waals surface area (Å²) < 4.78 is 44.9. The van der Waals surface area contributed by atoms with Crippen molar-refractivity contribution < 1.29 is 37.4 Å². The van der Waals surface area contributed by atoms with Crippen LogP contribution in [0.4, 0.5) is 18.0 Å². The number of hydrogen-bond donors (Lipinski definition) is 3. The number of halogens is 4. The Morgan fingerprint density at radius 2 is 1.80 bits per heavy atom. The third-order valence-corrected chi connectivity index (χ3v) is 6.24. The summed E-state index contributed by atoms with van der Waals surface area (Å²) in [5.41, 5.74) is 6.51. The minimum Gasteiger partial charge on any atom is -0.449 e. The van der Waals surface area contributed by atoms with E-state index in [0.29, 0.717) is 23.9 Å². The third-order valence-electron chi connectivity index (χ3n) is 5.04. The SMILES string of the molecule is Cl.N[C@@H](CC(=O)N1CCSC1C(=O)NCc1ccc(OC(=O)O)cc1)Cc1cc(F)c(F)cc1F. The number of hydrogen-bond acceptors (Lipinski definition) is 6. The summed E-state index contributed by atoms with van der Waals surface area (Å²) in [6, 6.07) is 6.40. The van der Waals surface area contributed by atoms with E-state index in [1.54, 1.807) is 12.1 Å². The number of rotatable bonds is 8. The van der Waals surface area contributed by atoms with Gasteiger partial charge in [0, 0.05) is 37.4 Å². The fourth-order valence-electron chi connectivity index (χ4n) is 3.41. The standard InChI is InChI=1S/C22H22F3N3O5S.ClH/c23-16-10-18(25)17(24)8-13(16)7-14(26)9-19(29)28-5-6-34-21(28)20(30)27-11-12-1-3-15(4-2-12)33-22(31)32;/h1-4,8,10,14,21H,5-7,9,11,26H2,(H,27,30)(H,31,32);1H/t14-,21?;/m1./s1. The second-order valence-electron chi connectivity index (χ2n) is 7.57. The van der Waals surface area contributed by atoms with Crippen LogP contribution in [0.1, 0.15) is 17.5 Å². The minimum atomic E-state index is -1.43. The van der Waals surface area contributed by atoms with Crippen molar-refractivity contribution in [3.05, 3.63) is 65.0 Å². The highest BCUT2D eigenvalue weighted by molar-refractivity contribution is 8.00. The molecule has 1 saturated heterocycles. The Morgan fingerprint density at radius 3 is 2.46 bits per heavy atom. The van der Waals surface area contributed by atoms with Gasteiger partial charge in [-0.3, -0.25) is 9.59 Å². The van der Waals surface area contributed by atoms with Crippen molar-refractivity contribution in [2.24, 2.45) is 5.73 Å². The van der Waals surface area contributed by atoms with E-state index in [4.69, 9.17) is 10.8 Å². The van der Waals surface area contributed by atoms with Gasteiger partial charge in [-0.25, -0.2) is 18.0 Å². The van der Waals surface area contributed by atoms with Crippen molar-refractivity contribution in [1.82, 2.24) is 10.2 Å². The lowest BCUT2D eigenvalue weighted by molar-refractivity contribution is -0.136. The van der Waals surface area contributed by atoms with Crippen LogP contribution in [0.2, 0.25) is 0 Å². The third kappa shape index (κ3) is 7.77. The zero-order valence-corrected chi connectivity index (χ0v) is 19.8. The maximum Gasteiger partial charge on any atom is 0.511 e. The van der Waals surface area contributed by atoms with Gasteiger partial charge >= 0.3 is 6.16 Å². The fraction of sp³-hybridized carbons (Fsp3) is 0.318. The molecule has 1 aliphatic rings. The van der Waals surface area contributed by atoms with E-state index in [2.05, 4.69) is 10.1 Å². The van der Waals surface area contributed by atoms with Crippen LogP contribution < -0.4 is 15.8 Å². The number of nitrogens with two attached hydrogens (primary N) is 1. The lowest BCUT2D eigenvalue weighted by Crippen LogP contribution is -2.46. The van der Waals surface area contributed by atoms with Crippen molar-refractivity contribution >= 4 is 42.1 Å². The highest BCUT2D eigenvalue weighted by Crippen LogP contribution is 2.25. The normalized spacial score (nSPS) is 15.8. The van der Waals surface area contributed by atoms with Gasteiger partial charge in [0.05, 0.1) is 0 Å². The first-order valence-electron chi connectivity index (χ1n) is 10.2. The quantitative estimate of drug-likeness (QED) is 0.271. The van der Waals surface area contributed by atoms with Gasteiger partial charge in [-0.15, -0.1) is 24.2 Å². The molecule has 35 heavy (non-hydrogen) atoms. The Balaban J connectivity index is 0.00000432. The van der Waals surface area contributed by atoms with Gasteiger partial charge in [-0.2, -0.15) is 0 Å². The van der Waals surface area contributed by atoms with E-state index in [1.807, 2.05) is 0 Å². The summed E-state index contributed by atoms with van der Waals surface area (Å²) in [6.07, 6.45) is -1.80. The molecule has 0 aliphatic carbocycles. The molecule has 190 valence electrons. The number of carbonyl (C=O) groups is 3. The van der Waals surface area contributed by atoms with Crippen LogP contribution in [0, 0.1) is 17.5 Å². The number of benzene rings is 2. The molecule has 2 amide bonds. The molecular weight excluding hydrogens is 511 g/mol. The van der Waals surface area contributed by atoms with Gasteiger partial charge in [0.25, 0.3) is 5.91 Å². The van der Waals surface area contributed by atoms with E-state index in [-0.39, 0.29) is 49.0 Å². The average molecular weight is 534 g/mol. The Morgan fingerprint density at radius 1 is 1.14 bits per heavy atom. The fourth-order valence-corrected chi connectivity index (χ4v) is 4.57. The molecule has 2 aromatic rings. The number of nitrogens with one attached hydrogen (secondary N) is 1. The summed E-state index contributed by atoms with van der Waals surface area (Å²) in [5.74, 6) is -3.57. The van der Waals surface area contributed by atoms with Crippen LogP contribution in [0.15, 0.2) is 36.4 Å². The number of ether oxygens (including phenoxy) is 1.